The van der Waals surface area contributed by atoms with Gasteiger partial charge in [0.25, 0.3) is 0 Å². The van der Waals surface area contributed by atoms with Crippen LogP contribution < -0.4 is 0 Å². The molecular weight excluding hydrogens is 188 g/mol. The molecule has 1 heteroatoms. The highest BCUT2D eigenvalue weighted by Crippen LogP contribution is 2.33. The van der Waals surface area contributed by atoms with E-state index in [4.69, 9.17) is 0 Å². The molecule has 0 N–H and O–H groups in total. The standard InChI is InChI=1S/C13H18S/c1-5-9-14-13(10(2)3)12-8-6-7-11(12)4/h5-7,13H,1-2,8-9H2,3-4H3. The lowest BCUT2D eigenvalue weighted by Crippen LogP contribution is -2.08. The third-order valence-corrected chi connectivity index (χ3v) is 3.81. The van der Waals surface area contributed by atoms with Crippen molar-refractivity contribution < 1.29 is 0 Å². The van der Waals surface area contributed by atoms with Gasteiger partial charge in [0.2, 0.25) is 0 Å². The summed E-state index contributed by atoms with van der Waals surface area (Å²) in [5, 5.41) is 0.475. The van der Waals surface area contributed by atoms with Gasteiger partial charge in [-0.3, -0.25) is 0 Å². The molecular formula is C13H18S. The van der Waals surface area contributed by atoms with Crippen LogP contribution in [0.2, 0.25) is 0 Å². The van der Waals surface area contributed by atoms with Gasteiger partial charge >= 0.3 is 0 Å². The van der Waals surface area contributed by atoms with Gasteiger partial charge in [-0.15, -0.1) is 18.3 Å². The second kappa shape index (κ2) is 5.26. The predicted molar refractivity (Wildman–Crippen MR) is 67.7 cm³/mol. The van der Waals surface area contributed by atoms with Crippen molar-refractivity contribution in [1.82, 2.24) is 0 Å². The van der Waals surface area contributed by atoms with Gasteiger partial charge in [-0.2, -0.15) is 0 Å². The van der Waals surface area contributed by atoms with Crippen LogP contribution in [0.1, 0.15) is 20.3 Å². The Balaban J connectivity index is 2.73. The van der Waals surface area contributed by atoms with E-state index >= 15 is 0 Å². The predicted octanol–water partition coefficient (Wildman–Crippen LogP) is 4.13. The fourth-order valence-electron chi connectivity index (χ4n) is 1.65. The third kappa shape index (κ3) is 2.65. The average molecular weight is 206 g/mol. The summed E-state index contributed by atoms with van der Waals surface area (Å²) >= 11 is 1.92. The van der Waals surface area contributed by atoms with Gasteiger partial charge in [0.05, 0.1) is 0 Å². The van der Waals surface area contributed by atoms with Gasteiger partial charge < -0.3 is 0 Å². The highest BCUT2D eigenvalue weighted by molar-refractivity contribution is 8.00. The highest BCUT2D eigenvalue weighted by atomic mass is 32.2. The van der Waals surface area contributed by atoms with Crippen molar-refractivity contribution in [3.63, 3.8) is 0 Å². The van der Waals surface area contributed by atoms with E-state index in [1.807, 2.05) is 17.8 Å². The van der Waals surface area contributed by atoms with Gasteiger partial charge in [-0.25, -0.2) is 0 Å². The Morgan fingerprint density at radius 3 is 2.86 bits per heavy atom. The van der Waals surface area contributed by atoms with Crippen LogP contribution in [0.4, 0.5) is 0 Å². The summed E-state index contributed by atoms with van der Waals surface area (Å²) in [6.07, 6.45) is 7.49. The zero-order chi connectivity index (χ0) is 10.6. The summed E-state index contributed by atoms with van der Waals surface area (Å²) in [6.45, 7) is 12.1. The van der Waals surface area contributed by atoms with Crippen molar-refractivity contribution in [3.05, 3.63) is 48.1 Å². The molecule has 1 aliphatic carbocycles. The van der Waals surface area contributed by atoms with Gasteiger partial charge in [0.15, 0.2) is 0 Å². The molecule has 0 aliphatic heterocycles. The van der Waals surface area contributed by atoms with Crippen molar-refractivity contribution in [3.8, 4) is 0 Å². The van der Waals surface area contributed by atoms with E-state index in [1.54, 1.807) is 0 Å². The van der Waals surface area contributed by atoms with Gasteiger partial charge in [0, 0.05) is 11.0 Å². The maximum atomic E-state index is 4.07. The van der Waals surface area contributed by atoms with E-state index in [2.05, 4.69) is 39.2 Å². The largest absolute Gasteiger partial charge is 0.145 e. The van der Waals surface area contributed by atoms with Crippen molar-refractivity contribution in [2.24, 2.45) is 0 Å². The second-order valence-corrected chi connectivity index (χ2v) is 4.80. The van der Waals surface area contributed by atoms with Crippen LogP contribution in [0.5, 0.6) is 0 Å². The van der Waals surface area contributed by atoms with E-state index in [1.165, 1.54) is 16.7 Å². The average Bonchev–Trinajstić information content (AvgIpc) is 2.52. The molecule has 0 bridgehead atoms. The first-order chi connectivity index (χ1) is 6.66. The lowest BCUT2D eigenvalue weighted by molar-refractivity contribution is 1.07. The fourth-order valence-corrected chi connectivity index (χ4v) is 2.75. The molecule has 0 aromatic rings. The SMILES string of the molecule is C=CCSC(C(=C)C)C1=C(C)C=CC1. The summed E-state index contributed by atoms with van der Waals surface area (Å²) in [4.78, 5) is 0. The Bertz CT molecular complexity index is 294. The molecule has 0 aromatic carbocycles. The molecule has 1 rings (SSSR count). The molecule has 0 saturated heterocycles. The minimum Gasteiger partial charge on any atom is -0.145 e. The van der Waals surface area contributed by atoms with Crippen molar-refractivity contribution in [2.45, 2.75) is 25.5 Å². The molecule has 0 spiro atoms. The Morgan fingerprint density at radius 1 is 1.71 bits per heavy atom. The van der Waals surface area contributed by atoms with Crippen LogP contribution in [-0.2, 0) is 0 Å². The van der Waals surface area contributed by atoms with E-state index in [9.17, 15) is 0 Å². The Labute approximate surface area is 91.5 Å². The lowest BCUT2D eigenvalue weighted by atomic mass is 10.0. The topological polar surface area (TPSA) is 0 Å². The van der Waals surface area contributed by atoms with Gasteiger partial charge in [-0.1, -0.05) is 36.0 Å². The summed E-state index contributed by atoms with van der Waals surface area (Å²) < 4.78 is 0. The van der Waals surface area contributed by atoms with E-state index < -0.39 is 0 Å². The number of rotatable bonds is 5. The number of hydrogen-bond donors (Lipinski definition) is 0. The summed E-state index contributed by atoms with van der Waals surface area (Å²) in [6, 6.07) is 0. The number of allylic oxidation sites excluding steroid dienone is 3. The first-order valence-corrected chi connectivity index (χ1v) is 5.95. The normalized spacial score (nSPS) is 17.3. The quantitative estimate of drug-likeness (QED) is 0.610. The zero-order valence-electron chi connectivity index (χ0n) is 9.05. The summed E-state index contributed by atoms with van der Waals surface area (Å²) in [7, 11) is 0. The molecule has 0 radical (unpaired) electrons. The molecule has 1 unspecified atom stereocenters. The molecule has 1 atom stereocenters. The Hall–Kier alpha value is -0.690. The maximum Gasteiger partial charge on any atom is 0.0472 e. The molecule has 0 aromatic heterocycles. The summed E-state index contributed by atoms with van der Waals surface area (Å²) in [5.74, 6) is 0.994. The van der Waals surface area contributed by atoms with Crippen LogP contribution >= 0.6 is 11.8 Å². The molecule has 0 nitrogen and oxygen atoms in total. The molecule has 14 heavy (non-hydrogen) atoms. The minimum atomic E-state index is 0.475. The first kappa shape index (κ1) is 11.4. The second-order valence-electron chi connectivity index (χ2n) is 3.66. The molecule has 76 valence electrons. The van der Waals surface area contributed by atoms with Gasteiger partial charge in [-0.05, 0) is 25.8 Å². The fraction of sp³-hybridized carbons (Fsp3) is 0.385. The summed E-state index contributed by atoms with van der Waals surface area (Å²) in [5.41, 5.74) is 4.17. The van der Waals surface area contributed by atoms with Crippen LogP contribution in [0.3, 0.4) is 0 Å². The Morgan fingerprint density at radius 2 is 2.43 bits per heavy atom. The maximum absolute atomic E-state index is 4.07. The molecule has 0 saturated carbocycles. The molecule has 0 heterocycles. The third-order valence-electron chi connectivity index (χ3n) is 2.36. The highest BCUT2D eigenvalue weighted by Gasteiger charge is 2.18. The van der Waals surface area contributed by atoms with Crippen LogP contribution in [-0.4, -0.2) is 11.0 Å². The smallest absolute Gasteiger partial charge is 0.0472 e. The molecule has 0 fully saturated rings. The van der Waals surface area contributed by atoms with Crippen LogP contribution in [0, 0.1) is 0 Å². The van der Waals surface area contributed by atoms with Crippen LogP contribution in [0.25, 0.3) is 0 Å². The van der Waals surface area contributed by atoms with Crippen LogP contribution in [0.15, 0.2) is 48.1 Å². The van der Waals surface area contributed by atoms with E-state index in [-0.39, 0.29) is 0 Å². The lowest BCUT2D eigenvalue weighted by Gasteiger charge is -2.18. The molecule has 1 aliphatic rings. The van der Waals surface area contributed by atoms with E-state index in [0.29, 0.717) is 5.25 Å². The van der Waals surface area contributed by atoms with Crippen molar-refractivity contribution in [2.75, 3.05) is 5.75 Å². The zero-order valence-corrected chi connectivity index (χ0v) is 9.86. The number of hydrogen-bond acceptors (Lipinski definition) is 1. The minimum absolute atomic E-state index is 0.475. The van der Waals surface area contributed by atoms with Gasteiger partial charge in [0.1, 0.15) is 0 Å². The van der Waals surface area contributed by atoms with Crippen molar-refractivity contribution >= 4 is 11.8 Å². The van der Waals surface area contributed by atoms with E-state index in [0.717, 1.165) is 12.2 Å². The number of thioether (sulfide) groups is 1. The van der Waals surface area contributed by atoms with Crippen molar-refractivity contribution in [1.29, 1.82) is 0 Å². The first-order valence-electron chi connectivity index (χ1n) is 4.91. The monoisotopic (exact) mass is 206 g/mol. The Kier molecular flexibility index (Phi) is 4.27. The molecule has 0 amide bonds.